The molecule has 2 saturated heterocycles. The third kappa shape index (κ3) is 4.07. The Morgan fingerprint density at radius 1 is 1.40 bits per heavy atom. The number of hydrogen-bond donors (Lipinski definition) is 1. The predicted octanol–water partition coefficient (Wildman–Crippen LogP) is 1.13. The fraction of sp³-hybridized carbons (Fsp3) is 0.588. The summed E-state index contributed by atoms with van der Waals surface area (Å²) in [6.07, 6.45) is 1.39. The summed E-state index contributed by atoms with van der Waals surface area (Å²) >= 11 is 0. The Hall–Kier alpha value is -2.21. The van der Waals surface area contributed by atoms with Gasteiger partial charge in [-0.15, -0.1) is 0 Å². The highest BCUT2D eigenvalue weighted by atomic mass is 16.6. The van der Waals surface area contributed by atoms with Gasteiger partial charge >= 0.3 is 0 Å². The quantitative estimate of drug-likeness (QED) is 0.629. The van der Waals surface area contributed by atoms with Gasteiger partial charge in [-0.25, -0.2) is 0 Å². The van der Waals surface area contributed by atoms with Gasteiger partial charge < -0.3 is 14.7 Å². The van der Waals surface area contributed by atoms with Crippen molar-refractivity contribution in [2.75, 3.05) is 44.2 Å². The molecular formula is C17H22N4O4. The molecule has 3 rings (SSSR count). The first-order valence-corrected chi connectivity index (χ1v) is 8.54. The Morgan fingerprint density at radius 3 is 2.76 bits per heavy atom. The Kier molecular flexibility index (Phi) is 5.48. The summed E-state index contributed by atoms with van der Waals surface area (Å²) in [5.74, 6) is 0. The zero-order valence-electron chi connectivity index (χ0n) is 14.0. The number of β-amino-alcohol motifs (C(OH)–C–C–N with tert-alkyl or cyclic N) is 1. The smallest absolute Gasteiger partial charge is 0.270 e. The fourth-order valence-electron chi connectivity index (χ4n) is 3.46. The number of aliphatic hydroxyl groups excluding tert-OH is 1. The zero-order chi connectivity index (χ0) is 17.8. The fourth-order valence-corrected chi connectivity index (χ4v) is 3.46. The third-order valence-corrected chi connectivity index (χ3v) is 4.86. The molecule has 1 aromatic carbocycles. The first kappa shape index (κ1) is 17.6. The van der Waals surface area contributed by atoms with Crippen molar-refractivity contribution in [1.29, 1.82) is 5.26 Å². The number of piperazine rings is 1. The molecule has 1 N–H and O–H groups in total. The number of nitro groups is 1. The summed E-state index contributed by atoms with van der Waals surface area (Å²) in [5.41, 5.74) is 0.980. The summed E-state index contributed by atoms with van der Waals surface area (Å²) in [7, 11) is 0. The van der Waals surface area contributed by atoms with Crippen molar-refractivity contribution < 1.29 is 14.8 Å². The van der Waals surface area contributed by atoms with Crippen LogP contribution in [0, 0.1) is 21.4 Å². The summed E-state index contributed by atoms with van der Waals surface area (Å²) in [6.45, 7) is 4.28. The number of ether oxygens (including phenoxy) is 1. The van der Waals surface area contributed by atoms with Crippen LogP contribution in [0.3, 0.4) is 0 Å². The van der Waals surface area contributed by atoms with E-state index in [2.05, 4.69) is 15.9 Å². The molecule has 8 heteroatoms. The van der Waals surface area contributed by atoms with Crippen molar-refractivity contribution in [3.63, 3.8) is 0 Å². The van der Waals surface area contributed by atoms with Gasteiger partial charge in [0, 0.05) is 51.5 Å². The van der Waals surface area contributed by atoms with E-state index in [9.17, 15) is 20.5 Å². The first-order valence-electron chi connectivity index (χ1n) is 8.54. The summed E-state index contributed by atoms with van der Waals surface area (Å²) in [5, 5.41) is 30.4. The Labute approximate surface area is 146 Å². The molecule has 0 spiro atoms. The number of anilines is 1. The minimum absolute atomic E-state index is 0.0575. The Morgan fingerprint density at radius 2 is 2.16 bits per heavy atom. The average Bonchev–Trinajstić information content (AvgIpc) is 3.16. The maximum absolute atomic E-state index is 10.9. The van der Waals surface area contributed by atoms with Crippen LogP contribution < -0.4 is 4.90 Å². The van der Waals surface area contributed by atoms with Gasteiger partial charge in [0.25, 0.3) is 5.69 Å². The molecule has 0 unspecified atom stereocenters. The van der Waals surface area contributed by atoms with Crippen LogP contribution in [-0.2, 0) is 4.74 Å². The van der Waals surface area contributed by atoms with Crippen LogP contribution in [0.2, 0.25) is 0 Å². The van der Waals surface area contributed by atoms with Gasteiger partial charge in [-0.2, -0.15) is 5.26 Å². The number of benzene rings is 1. The highest BCUT2D eigenvalue weighted by Gasteiger charge is 2.28. The molecule has 2 atom stereocenters. The lowest BCUT2D eigenvalue weighted by atomic mass is 10.1. The standard InChI is InChI=1S/C17H22N4O4/c18-11-13-10-14(21(23)24)3-4-15(13)20-7-5-19(6-8-20)12-16(22)17-2-1-9-25-17/h3-4,10,16-17,22H,1-2,5-9,12H2/t16-,17-/m0/s1. The monoisotopic (exact) mass is 346 g/mol. The summed E-state index contributed by atoms with van der Waals surface area (Å²) in [6, 6.07) is 6.46. The number of aliphatic hydroxyl groups is 1. The number of nitrogens with zero attached hydrogens (tertiary/aromatic N) is 4. The van der Waals surface area contributed by atoms with E-state index in [1.165, 1.54) is 12.1 Å². The van der Waals surface area contributed by atoms with Crippen molar-refractivity contribution in [2.45, 2.75) is 25.0 Å². The molecule has 1 aromatic rings. The van der Waals surface area contributed by atoms with E-state index in [1.807, 2.05) is 0 Å². The van der Waals surface area contributed by atoms with Crippen LogP contribution in [0.15, 0.2) is 18.2 Å². The molecule has 25 heavy (non-hydrogen) atoms. The van der Waals surface area contributed by atoms with Crippen LogP contribution in [0.4, 0.5) is 11.4 Å². The number of nitriles is 1. The topological polar surface area (TPSA) is 103 Å². The number of hydrogen-bond acceptors (Lipinski definition) is 7. The van der Waals surface area contributed by atoms with E-state index < -0.39 is 11.0 Å². The van der Waals surface area contributed by atoms with Gasteiger partial charge in [0.15, 0.2) is 0 Å². The number of rotatable bonds is 5. The van der Waals surface area contributed by atoms with E-state index in [4.69, 9.17) is 4.74 Å². The van der Waals surface area contributed by atoms with Crippen LogP contribution >= 0.6 is 0 Å². The number of nitro benzene ring substituents is 1. The maximum atomic E-state index is 10.9. The van der Waals surface area contributed by atoms with Crippen LogP contribution in [0.1, 0.15) is 18.4 Å². The van der Waals surface area contributed by atoms with Crippen molar-refractivity contribution in [2.24, 2.45) is 0 Å². The Bertz CT molecular complexity index is 661. The highest BCUT2D eigenvalue weighted by Crippen LogP contribution is 2.26. The summed E-state index contributed by atoms with van der Waals surface area (Å²) < 4.78 is 5.53. The SMILES string of the molecule is N#Cc1cc([N+](=O)[O-])ccc1N1CCN(C[C@H](O)[C@@H]2CCCO2)CC1. The first-order chi connectivity index (χ1) is 12.1. The minimum Gasteiger partial charge on any atom is -0.389 e. The van der Waals surface area contributed by atoms with Gasteiger partial charge in [-0.1, -0.05) is 0 Å². The lowest BCUT2D eigenvalue weighted by Gasteiger charge is -2.37. The Balaban J connectivity index is 1.58. The van der Waals surface area contributed by atoms with E-state index in [0.717, 1.165) is 38.2 Å². The largest absolute Gasteiger partial charge is 0.389 e. The van der Waals surface area contributed by atoms with Crippen molar-refractivity contribution >= 4 is 11.4 Å². The lowest BCUT2D eigenvalue weighted by molar-refractivity contribution is -0.384. The average molecular weight is 346 g/mol. The second-order valence-corrected chi connectivity index (χ2v) is 6.48. The molecule has 0 aromatic heterocycles. The molecule has 134 valence electrons. The van der Waals surface area contributed by atoms with Crippen LogP contribution in [-0.4, -0.2) is 66.5 Å². The zero-order valence-corrected chi connectivity index (χ0v) is 14.0. The molecule has 8 nitrogen and oxygen atoms in total. The molecule has 0 bridgehead atoms. The molecule has 0 aliphatic carbocycles. The highest BCUT2D eigenvalue weighted by molar-refractivity contribution is 5.63. The second kappa shape index (κ2) is 7.78. The molecule has 0 saturated carbocycles. The second-order valence-electron chi connectivity index (χ2n) is 6.48. The van der Waals surface area contributed by atoms with E-state index in [1.54, 1.807) is 6.07 Å². The molecule has 0 amide bonds. The van der Waals surface area contributed by atoms with E-state index >= 15 is 0 Å². The lowest BCUT2D eigenvalue weighted by Crippen LogP contribution is -2.50. The van der Waals surface area contributed by atoms with Crippen molar-refractivity contribution in [3.05, 3.63) is 33.9 Å². The maximum Gasteiger partial charge on any atom is 0.270 e. The molecule has 2 heterocycles. The molecule has 0 radical (unpaired) electrons. The third-order valence-electron chi connectivity index (χ3n) is 4.86. The predicted molar refractivity (Wildman–Crippen MR) is 91.4 cm³/mol. The molecular weight excluding hydrogens is 324 g/mol. The van der Waals surface area contributed by atoms with Gasteiger partial charge in [0.1, 0.15) is 6.07 Å². The molecule has 2 fully saturated rings. The summed E-state index contributed by atoms with van der Waals surface area (Å²) in [4.78, 5) is 14.6. The van der Waals surface area contributed by atoms with Crippen molar-refractivity contribution in [1.82, 2.24) is 4.90 Å². The molecule has 2 aliphatic heterocycles. The van der Waals surface area contributed by atoms with Gasteiger partial charge in [-0.05, 0) is 18.9 Å². The van der Waals surface area contributed by atoms with Crippen LogP contribution in [0.5, 0.6) is 0 Å². The van der Waals surface area contributed by atoms with Crippen LogP contribution in [0.25, 0.3) is 0 Å². The van der Waals surface area contributed by atoms with Crippen molar-refractivity contribution in [3.8, 4) is 6.07 Å². The minimum atomic E-state index is -0.491. The van der Waals surface area contributed by atoms with E-state index in [0.29, 0.717) is 25.2 Å². The number of non-ortho nitro benzene ring substituents is 1. The van der Waals surface area contributed by atoms with E-state index in [-0.39, 0.29) is 11.8 Å². The van der Waals surface area contributed by atoms with Gasteiger partial charge in [0.2, 0.25) is 0 Å². The molecule has 2 aliphatic rings. The van der Waals surface area contributed by atoms with Gasteiger partial charge in [0.05, 0.1) is 28.4 Å². The van der Waals surface area contributed by atoms with Gasteiger partial charge in [-0.3, -0.25) is 15.0 Å². The normalized spacial score (nSPS) is 22.6.